The Bertz CT molecular complexity index is 141. The van der Waals surface area contributed by atoms with Crippen LogP contribution >= 0.6 is 0 Å². The molecule has 3 nitrogen and oxygen atoms in total. The molecule has 0 aliphatic rings. The van der Waals surface area contributed by atoms with Crippen LogP contribution < -0.4 is 29.0 Å². The number of hydrogen-bond donors (Lipinski definition) is 0. The van der Waals surface area contributed by atoms with E-state index in [0.717, 1.165) is 5.82 Å². The zero-order valence-electron chi connectivity index (χ0n) is 4.43. The zero-order chi connectivity index (χ0) is 5.11. The molecule has 4 heteroatoms. The molecule has 0 fully saturated rings. The molecule has 0 aliphatic heterocycles. The molecular weight excluding hydrogens is 217 g/mol. The van der Waals surface area contributed by atoms with E-state index in [4.69, 9.17) is 0 Å². The van der Waals surface area contributed by atoms with Crippen LogP contribution in [0.15, 0.2) is 12.7 Å². The van der Waals surface area contributed by atoms with E-state index in [1.807, 2.05) is 6.92 Å². The average molecular weight is 223 g/mol. The van der Waals surface area contributed by atoms with E-state index < -0.39 is 0 Å². The molecular formula is C4H6IN3. The standard InChI is InChI=1S/C4H5N3.HI/c1-4-6-2-5-3-7-4;/h2-3H,1H3;1H. The first-order valence-electron chi connectivity index (χ1n) is 2.04. The molecule has 1 rings (SSSR count). The summed E-state index contributed by atoms with van der Waals surface area (Å²) in [5.41, 5.74) is 0. The normalized spacial score (nSPS) is 7.62. The number of aromatic amines is 1. The van der Waals surface area contributed by atoms with Crippen molar-refractivity contribution >= 4 is 0 Å². The first-order valence-corrected chi connectivity index (χ1v) is 2.04. The van der Waals surface area contributed by atoms with Gasteiger partial charge in [-0.2, -0.15) is 0 Å². The molecule has 0 unspecified atom stereocenters. The van der Waals surface area contributed by atoms with E-state index in [0.29, 0.717) is 0 Å². The molecule has 1 heterocycles. The quantitative estimate of drug-likeness (QED) is 0.430. The lowest BCUT2D eigenvalue weighted by atomic mass is 10.7. The summed E-state index contributed by atoms with van der Waals surface area (Å²) < 4.78 is 0. The van der Waals surface area contributed by atoms with E-state index in [-0.39, 0.29) is 24.0 Å². The molecule has 0 amide bonds. The summed E-state index contributed by atoms with van der Waals surface area (Å²) in [7, 11) is 0. The predicted molar refractivity (Wildman–Crippen MR) is 23.3 cm³/mol. The van der Waals surface area contributed by atoms with Gasteiger partial charge in [-0.05, 0) is 0 Å². The van der Waals surface area contributed by atoms with Gasteiger partial charge in [0.15, 0.2) is 0 Å². The van der Waals surface area contributed by atoms with Crippen molar-refractivity contribution in [3.63, 3.8) is 0 Å². The van der Waals surface area contributed by atoms with Crippen LogP contribution in [0.25, 0.3) is 0 Å². The molecule has 0 atom stereocenters. The predicted octanol–water partition coefficient (Wildman–Crippen LogP) is -3.40. The number of hydrogen-bond acceptors (Lipinski definition) is 2. The maximum absolute atomic E-state index is 3.81. The second kappa shape index (κ2) is 3.71. The first-order chi connectivity index (χ1) is 3.39. The zero-order valence-corrected chi connectivity index (χ0v) is 6.58. The number of aromatic nitrogens is 3. The van der Waals surface area contributed by atoms with Gasteiger partial charge in [0.1, 0.15) is 0 Å². The highest BCUT2D eigenvalue weighted by Crippen LogP contribution is 1.66. The summed E-state index contributed by atoms with van der Waals surface area (Å²) in [5.74, 6) is 0.884. The van der Waals surface area contributed by atoms with Crippen molar-refractivity contribution in [2.24, 2.45) is 0 Å². The van der Waals surface area contributed by atoms with Crippen LogP contribution in [0, 0.1) is 6.92 Å². The Hall–Kier alpha value is -0.260. The van der Waals surface area contributed by atoms with Crippen LogP contribution in [0.1, 0.15) is 5.82 Å². The number of rotatable bonds is 0. The Morgan fingerprint density at radius 3 is 2.62 bits per heavy atom. The highest BCUT2D eigenvalue weighted by atomic mass is 127. The summed E-state index contributed by atoms with van der Waals surface area (Å²) in [6, 6.07) is 0. The molecule has 0 bridgehead atoms. The van der Waals surface area contributed by atoms with E-state index in [9.17, 15) is 0 Å². The van der Waals surface area contributed by atoms with E-state index in [2.05, 4.69) is 15.0 Å². The van der Waals surface area contributed by atoms with Crippen LogP contribution in [-0.4, -0.2) is 9.97 Å². The smallest absolute Gasteiger partial charge is 0.264 e. The molecule has 0 saturated carbocycles. The summed E-state index contributed by atoms with van der Waals surface area (Å²) in [4.78, 5) is 10.3. The second-order valence-electron chi connectivity index (χ2n) is 1.25. The molecule has 0 spiro atoms. The lowest BCUT2D eigenvalue weighted by Gasteiger charge is -1.72. The fourth-order valence-electron chi connectivity index (χ4n) is 0.321. The van der Waals surface area contributed by atoms with Crippen LogP contribution in [-0.2, 0) is 0 Å². The fourth-order valence-corrected chi connectivity index (χ4v) is 0.321. The van der Waals surface area contributed by atoms with Crippen molar-refractivity contribution in [1.82, 2.24) is 9.97 Å². The highest BCUT2D eigenvalue weighted by Gasteiger charge is 1.85. The van der Waals surface area contributed by atoms with Gasteiger partial charge >= 0.3 is 0 Å². The minimum Gasteiger partial charge on any atom is -1.00 e. The SMILES string of the molecule is Cc1ncnc[nH+]1.[I-]. The monoisotopic (exact) mass is 223 g/mol. The Labute approximate surface area is 64.6 Å². The van der Waals surface area contributed by atoms with E-state index >= 15 is 0 Å². The topological polar surface area (TPSA) is 39.9 Å². The van der Waals surface area contributed by atoms with Crippen molar-refractivity contribution in [2.45, 2.75) is 6.92 Å². The van der Waals surface area contributed by atoms with Crippen LogP contribution in [0.3, 0.4) is 0 Å². The number of halogens is 1. The van der Waals surface area contributed by atoms with Gasteiger partial charge in [-0.25, -0.2) is 0 Å². The first kappa shape index (κ1) is 7.74. The third kappa shape index (κ3) is 2.15. The van der Waals surface area contributed by atoms with Crippen molar-refractivity contribution in [3.8, 4) is 0 Å². The van der Waals surface area contributed by atoms with Crippen molar-refractivity contribution < 1.29 is 29.0 Å². The van der Waals surface area contributed by atoms with Crippen molar-refractivity contribution in [1.29, 1.82) is 0 Å². The van der Waals surface area contributed by atoms with Crippen LogP contribution in [0.4, 0.5) is 0 Å². The summed E-state index contributed by atoms with van der Waals surface area (Å²) in [6.07, 6.45) is 3.11. The van der Waals surface area contributed by atoms with Gasteiger partial charge in [-0.15, -0.1) is 0 Å². The Balaban J connectivity index is 0.000000490. The Kier molecular flexibility index (Phi) is 3.59. The molecule has 1 N–H and O–H groups in total. The number of nitrogens with one attached hydrogen (secondary N) is 1. The maximum Gasteiger partial charge on any atom is 0.264 e. The van der Waals surface area contributed by atoms with E-state index in [1.54, 1.807) is 6.33 Å². The molecule has 0 aliphatic carbocycles. The van der Waals surface area contributed by atoms with Gasteiger partial charge < -0.3 is 24.0 Å². The maximum atomic E-state index is 3.81. The van der Waals surface area contributed by atoms with Gasteiger partial charge in [-0.1, -0.05) is 9.97 Å². The summed E-state index contributed by atoms with van der Waals surface area (Å²) in [6.45, 7) is 1.88. The molecule has 1 aromatic heterocycles. The van der Waals surface area contributed by atoms with Gasteiger partial charge in [0.05, 0.1) is 0 Å². The van der Waals surface area contributed by atoms with E-state index in [1.165, 1.54) is 6.33 Å². The average Bonchev–Trinajstić information content (AvgIpc) is 1.69. The summed E-state index contributed by atoms with van der Waals surface area (Å²) in [5, 5.41) is 0. The Morgan fingerprint density at radius 1 is 1.62 bits per heavy atom. The molecule has 1 aromatic rings. The molecule has 0 saturated heterocycles. The van der Waals surface area contributed by atoms with Crippen LogP contribution in [0.5, 0.6) is 0 Å². The minimum absolute atomic E-state index is 0. The second-order valence-corrected chi connectivity index (χ2v) is 1.25. The molecule has 44 valence electrons. The summed E-state index contributed by atoms with van der Waals surface area (Å²) >= 11 is 0. The Morgan fingerprint density at radius 2 is 2.38 bits per heavy atom. The lowest BCUT2D eigenvalue weighted by molar-refractivity contribution is -0.397. The molecule has 0 radical (unpaired) electrons. The van der Waals surface area contributed by atoms with Gasteiger partial charge in [-0.3, -0.25) is 4.98 Å². The van der Waals surface area contributed by atoms with Crippen molar-refractivity contribution in [3.05, 3.63) is 18.5 Å². The number of aryl methyl sites for hydroxylation is 1. The fraction of sp³-hybridized carbons (Fsp3) is 0.250. The number of nitrogens with zero attached hydrogens (tertiary/aromatic N) is 2. The van der Waals surface area contributed by atoms with Crippen molar-refractivity contribution in [2.75, 3.05) is 0 Å². The largest absolute Gasteiger partial charge is 1.00 e. The minimum atomic E-state index is 0. The van der Waals surface area contributed by atoms with Gasteiger partial charge in [0, 0.05) is 6.92 Å². The molecule has 8 heavy (non-hydrogen) atoms. The molecule has 0 aromatic carbocycles. The third-order valence-electron chi connectivity index (χ3n) is 0.666. The highest BCUT2D eigenvalue weighted by molar-refractivity contribution is 4.60. The van der Waals surface area contributed by atoms with Gasteiger partial charge in [0.2, 0.25) is 12.2 Å². The third-order valence-corrected chi connectivity index (χ3v) is 0.666. The number of H-pyrrole nitrogens is 1. The van der Waals surface area contributed by atoms with Crippen LogP contribution in [0.2, 0.25) is 0 Å². The lowest BCUT2D eigenvalue weighted by Crippen LogP contribution is -3.00. The van der Waals surface area contributed by atoms with Gasteiger partial charge in [0.25, 0.3) is 6.33 Å².